The highest BCUT2D eigenvalue weighted by atomic mass is 19.4. The topological polar surface area (TPSA) is 58.2 Å². The summed E-state index contributed by atoms with van der Waals surface area (Å²) in [5.41, 5.74) is 0.375. The number of benzene rings is 1. The summed E-state index contributed by atoms with van der Waals surface area (Å²) in [5, 5.41) is 5.21. The predicted molar refractivity (Wildman–Crippen MR) is 69.1 cm³/mol. The van der Waals surface area contributed by atoms with Crippen molar-refractivity contribution < 1.29 is 22.8 Å². The molecule has 0 spiro atoms. The van der Waals surface area contributed by atoms with Gasteiger partial charge in [-0.25, -0.2) is 0 Å². The van der Waals surface area contributed by atoms with E-state index in [1.807, 2.05) is 0 Å². The smallest absolute Gasteiger partial charge is 0.355 e. The maximum atomic E-state index is 12.5. The van der Waals surface area contributed by atoms with E-state index in [0.717, 1.165) is 12.1 Å². The van der Waals surface area contributed by atoms with E-state index in [9.17, 15) is 22.8 Å². The third-order valence-corrected chi connectivity index (χ3v) is 3.47. The number of amides is 2. The van der Waals surface area contributed by atoms with Crippen molar-refractivity contribution in [2.24, 2.45) is 5.92 Å². The molecule has 1 aromatic carbocycles. The fourth-order valence-electron chi connectivity index (χ4n) is 2.19. The highest BCUT2D eigenvalue weighted by Gasteiger charge is 2.31. The molecule has 1 aliphatic heterocycles. The van der Waals surface area contributed by atoms with Crippen LogP contribution in [0.4, 0.5) is 13.2 Å². The minimum Gasteiger partial charge on any atom is -0.355 e. The monoisotopic (exact) mass is 300 g/mol. The Bertz CT molecular complexity index is 570. The van der Waals surface area contributed by atoms with Crippen molar-refractivity contribution in [2.45, 2.75) is 26.1 Å². The predicted octanol–water partition coefficient (Wildman–Crippen LogP) is 1.77. The number of carbonyl (C=O) groups excluding carboxylic acids is 2. The van der Waals surface area contributed by atoms with Gasteiger partial charge >= 0.3 is 6.18 Å². The summed E-state index contributed by atoms with van der Waals surface area (Å²) in [4.78, 5) is 22.8. The van der Waals surface area contributed by atoms with Crippen molar-refractivity contribution in [1.29, 1.82) is 0 Å². The first-order valence-corrected chi connectivity index (χ1v) is 6.48. The van der Waals surface area contributed by atoms with E-state index >= 15 is 0 Å². The van der Waals surface area contributed by atoms with Crippen molar-refractivity contribution in [3.63, 3.8) is 0 Å². The SMILES string of the molecule is Cc1cc(C(F)(F)F)ccc1CNC(=O)[C@@H]1CNC(=O)C1. The lowest BCUT2D eigenvalue weighted by Gasteiger charge is -2.13. The summed E-state index contributed by atoms with van der Waals surface area (Å²) in [5.74, 6) is -0.847. The first-order valence-electron chi connectivity index (χ1n) is 6.48. The molecule has 0 saturated carbocycles. The molecular weight excluding hydrogens is 285 g/mol. The zero-order valence-electron chi connectivity index (χ0n) is 11.4. The summed E-state index contributed by atoms with van der Waals surface area (Å²) in [6, 6.07) is 3.41. The highest BCUT2D eigenvalue weighted by Crippen LogP contribution is 2.30. The van der Waals surface area contributed by atoms with E-state index in [4.69, 9.17) is 0 Å². The van der Waals surface area contributed by atoms with Crippen LogP contribution in [0.15, 0.2) is 18.2 Å². The van der Waals surface area contributed by atoms with Crippen molar-refractivity contribution in [3.8, 4) is 0 Å². The van der Waals surface area contributed by atoms with Crippen LogP contribution in [-0.2, 0) is 22.3 Å². The lowest BCUT2D eigenvalue weighted by Crippen LogP contribution is -2.31. The second kappa shape index (κ2) is 5.75. The molecule has 1 fully saturated rings. The molecule has 2 rings (SSSR count). The van der Waals surface area contributed by atoms with Crippen LogP contribution < -0.4 is 10.6 Å². The van der Waals surface area contributed by atoms with E-state index in [1.165, 1.54) is 6.07 Å². The van der Waals surface area contributed by atoms with Crippen molar-refractivity contribution in [1.82, 2.24) is 10.6 Å². The Balaban J connectivity index is 1.97. The van der Waals surface area contributed by atoms with Gasteiger partial charge in [0, 0.05) is 19.5 Å². The Kier molecular flexibility index (Phi) is 4.20. The number of hydrogen-bond acceptors (Lipinski definition) is 2. The third kappa shape index (κ3) is 3.74. The number of halogens is 3. The molecule has 1 heterocycles. The third-order valence-electron chi connectivity index (χ3n) is 3.47. The van der Waals surface area contributed by atoms with Crippen LogP contribution in [0.25, 0.3) is 0 Å². The molecule has 2 amide bonds. The Morgan fingerprint density at radius 3 is 2.67 bits per heavy atom. The lowest BCUT2D eigenvalue weighted by molar-refractivity contribution is -0.137. The Morgan fingerprint density at radius 1 is 1.43 bits per heavy atom. The van der Waals surface area contributed by atoms with Gasteiger partial charge in [0.25, 0.3) is 0 Å². The van der Waals surface area contributed by atoms with Crippen LogP contribution in [-0.4, -0.2) is 18.4 Å². The van der Waals surface area contributed by atoms with Crippen molar-refractivity contribution in [2.75, 3.05) is 6.54 Å². The van der Waals surface area contributed by atoms with Gasteiger partial charge in [-0.3, -0.25) is 9.59 Å². The van der Waals surface area contributed by atoms with E-state index < -0.39 is 17.7 Å². The summed E-state index contributed by atoms with van der Waals surface area (Å²) in [7, 11) is 0. The van der Waals surface area contributed by atoms with Crippen LogP contribution in [0.2, 0.25) is 0 Å². The van der Waals surface area contributed by atoms with E-state index in [-0.39, 0.29) is 24.8 Å². The molecule has 21 heavy (non-hydrogen) atoms. The summed E-state index contributed by atoms with van der Waals surface area (Å²) in [6.07, 6.45) is -4.22. The average molecular weight is 300 g/mol. The van der Waals surface area contributed by atoms with Gasteiger partial charge in [-0.05, 0) is 30.2 Å². The average Bonchev–Trinajstić information content (AvgIpc) is 2.82. The molecule has 0 aliphatic carbocycles. The van der Waals surface area contributed by atoms with E-state index in [1.54, 1.807) is 6.92 Å². The maximum Gasteiger partial charge on any atom is 0.416 e. The first kappa shape index (κ1) is 15.3. The van der Waals surface area contributed by atoms with E-state index in [2.05, 4.69) is 10.6 Å². The number of aryl methyl sites for hydroxylation is 1. The number of rotatable bonds is 3. The minimum atomic E-state index is -4.37. The molecule has 0 bridgehead atoms. The summed E-state index contributed by atoms with van der Waals surface area (Å²) < 4.78 is 37.6. The number of carbonyl (C=O) groups is 2. The minimum absolute atomic E-state index is 0.146. The number of nitrogens with one attached hydrogen (secondary N) is 2. The van der Waals surface area contributed by atoms with Gasteiger partial charge in [0.05, 0.1) is 11.5 Å². The molecule has 1 aliphatic rings. The molecule has 1 saturated heterocycles. The zero-order chi connectivity index (χ0) is 15.6. The van der Waals surface area contributed by atoms with Gasteiger partial charge in [0.15, 0.2) is 0 Å². The van der Waals surface area contributed by atoms with Crippen LogP contribution in [0.5, 0.6) is 0 Å². The molecule has 0 unspecified atom stereocenters. The van der Waals surface area contributed by atoms with Gasteiger partial charge < -0.3 is 10.6 Å². The number of alkyl halides is 3. The second-order valence-corrected chi connectivity index (χ2v) is 5.06. The fourth-order valence-corrected chi connectivity index (χ4v) is 2.19. The standard InChI is InChI=1S/C14H15F3N2O2/c1-8-4-11(14(15,16)17)3-2-9(8)6-19-13(21)10-5-12(20)18-7-10/h2-4,10H,5-7H2,1H3,(H,18,20)(H,19,21)/t10-/m0/s1. The Morgan fingerprint density at radius 2 is 2.14 bits per heavy atom. The molecule has 1 aromatic rings. The van der Waals surface area contributed by atoms with Gasteiger partial charge in [-0.15, -0.1) is 0 Å². The summed E-state index contributed by atoms with van der Waals surface area (Å²) in [6.45, 7) is 2.02. The normalized spacial score (nSPS) is 18.5. The van der Waals surface area contributed by atoms with Gasteiger partial charge in [-0.2, -0.15) is 13.2 Å². The molecule has 0 radical (unpaired) electrons. The van der Waals surface area contributed by atoms with Crippen LogP contribution in [0.1, 0.15) is 23.1 Å². The molecule has 0 aromatic heterocycles. The molecule has 1 atom stereocenters. The largest absolute Gasteiger partial charge is 0.416 e. The maximum absolute atomic E-state index is 12.5. The Hall–Kier alpha value is -2.05. The van der Waals surface area contributed by atoms with Crippen LogP contribution in [0.3, 0.4) is 0 Å². The molecule has 114 valence electrons. The van der Waals surface area contributed by atoms with Gasteiger partial charge in [-0.1, -0.05) is 6.07 Å². The lowest BCUT2D eigenvalue weighted by atomic mass is 10.0. The zero-order valence-corrected chi connectivity index (χ0v) is 11.4. The Labute approximate surface area is 119 Å². The van der Waals surface area contributed by atoms with E-state index in [0.29, 0.717) is 17.7 Å². The molecule has 2 N–H and O–H groups in total. The number of hydrogen-bond donors (Lipinski definition) is 2. The molecule has 7 heteroatoms. The van der Waals surface area contributed by atoms with Gasteiger partial charge in [0.2, 0.25) is 11.8 Å². The second-order valence-electron chi connectivity index (χ2n) is 5.06. The first-order chi connectivity index (χ1) is 9.77. The van der Waals surface area contributed by atoms with Gasteiger partial charge in [0.1, 0.15) is 0 Å². The summed E-state index contributed by atoms with van der Waals surface area (Å²) >= 11 is 0. The van der Waals surface area contributed by atoms with Crippen molar-refractivity contribution in [3.05, 3.63) is 34.9 Å². The highest BCUT2D eigenvalue weighted by molar-refractivity contribution is 5.89. The van der Waals surface area contributed by atoms with Crippen LogP contribution in [0, 0.1) is 12.8 Å². The molecule has 4 nitrogen and oxygen atoms in total. The van der Waals surface area contributed by atoms with Crippen molar-refractivity contribution >= 4 is 11.8 Å². The molecular formula is C14H15F3N2O2. The fraction of sp³-hybridized carbons (Fsp3) is 0.429. The quantitative estimate of drug-likeness (QED) is 0.894. The van der Waals surface area contributed by atoms with Crippen LogP contribution >= 0.6 is 0 Å².